The van der Waals surface area contributed by atoms with Crippen molar-refractivity contribution in [3.05, 3.63) is 53.7 Å². The lowest BCUT2D eigenvalue weighted by molar-refractivity contribution is 0.252. The number of nitrogens with zero attached hydrogens (tertiary/aromatic N) is 4. The number of amides is 2. The van der Waals surface area contributed by atoms with Gasteiger partial charge in [0.25, 0.3) is 0 Å². The molecule has 0 spiro atoms. The Morgan fingerprint density at radius 1 is 1.34 bits per heavy atom. The van der Waals surface area contributed by atoms with Crippen LogP contribution in [0.1, 0.15) is 31.0 Å². The first-order valence-electron chi connectivity index (χ1n) is 10.8. The largest absolute Gasteiger partial charge is 0.405 e. The second kappa shape index (κ2) is 11.2. The maximum Gasteiger partial charge on any atom is 0.320 e. The monoisotopic (exact) mass is 439 g/mol. The number of aromatic nitrogens is 2. The van der Waals surface area contributed by atoms with Gasteiger partial charge in [0.15, 0.2) is 17.5 Å². The van der Waals surface area contributed by atoms with Crippen molar-refractivity contribution in [1.82, 2.24) is 15.3 Å². The molecule has 4 N–H and O–H groups in total. The van der Waals surface area contributed by atoms with Crippen molar-refractivity contribution in [2.24, 2.45) is 16.6 Å². The Bertz CT molecular complexity index is 984. The summed E-state index contributed by atoms with van der Waals surface area (Å²) in [6.45, 7) is 5.99. The Morgan fingerprint density at radius 2 is 2.12 bits per heavy atom. The van der Waals surface area contributed by atoms with Crippen LogP contribution in [0.5, 0.6) is 0 Å². The third kappa shape index (κ3) is 6.03. The zero-order valence-electron chi connectivity index (χ0n) is 18.5. The fraction of sp³-hybridized carbons (Fsp3) is 0.391. The second-order valence-electron chi connectivity index (χ2n) is 7.69. The number of anilines is 2. The van der Waals surface area contributed by atoms with E-state index in [0.717, 1.165) is 37.3 Å². The van der Waals surface area contributed by atoms with Gasteiger partial charge in [-0.05, 0) is 75.1 Å². The van der Waals surface area contributed by atoms with E-state index in [1.165, 1.54) is 12.4 Å². The number of hydrogen-bond acceptors (Lipinski definition) is 6. The minimum Gasteiger partial charge on any atom is -0.405 e. The van der Waals surface area contributed by atoms with Gasteiger partial charge in [0.2, 0.25) is 0 Å². The maximum absolute atomic E-state index is 14.8. The average molecular weight is 440 g/mol. The molecule has 170 valence electrons. The molecule has 3 heterocycles. The van der Waals surface area contributed by atoms with Crippen molar-refractivity contribution in [2.75, 3.05) is 29.9 Å². The molecular formula is C23H30FN7O. The number of nitrogens with one attached hydrogen (secondary N) is 2. The number of piperidine rings is 1. The number of aliphatic imine (C=N–C) groups is 1. The number of pyridine rings is 2. The van der Waals surface area contributed by atoms with E-state index >= 15 is 0 Å². The highest BCUT2D eigenvalue weighted by molar-refractivity contribution is 5.88. The third-order valence-electron chi connectivity index (χ3n) is 5.45. The highest BCUT2D eigenvalue weighted by atomic mass is 19.1. The maximum atomic E-state index is 14.8. The number of nitrogens with two attached hydrogens (primary N) is 1. The van der Waals surface area contributed by atoms with E-state index in [4.69, 9.17) is 5.73 Å². The predicted octanol–water partition coefficient (Wildman–Crippen LogP) is 3.70. The molecular weight excluding hydrogens is 409 g/mol. The van der Waals surface area contributed by atoms with Crippen molar-refractivity contribution in [2.45, 2.75) is 33.1 Å². The van der Waals surface area contributed by atoms with Crippen LogP contribution in [0.15, 0.2) is 41.7 Å². The summed E-state index contributed by atoms with van der Waals surface area (Å²) in [6.07, 6.45) is 8.74. The molecule has 3 rings (SSSR count). The number of allylic oxidation sites excluding steroid dienone is 1. The zero-order chi connectivity index (χ0) is 22.9. The zero-order valence-corrected chi connectivity index (χ0v) is 18.5. The van der Waals surface area contributed by atoms with Crippen molar-refractivity contribution in [3.63, 3.8) is 0 Å². The number of halogens is 1. The minimum absolute atomic E-state index is 0.0303. The summed E-state index contributed by atoms with van der Waals surface area (Å²) in [5.41, 5.74) is 7.91. The van der Waals surface area contributed by atoms with Gasteiger partial charge in [0, 0.05) is 32.0 Å². The number of urea groups is 1. The van der Waals surface area contributed by atoms with E-state index < -0.39 is 11.8 Å². The molecule has 9 heteroatoms. The second-order valence-corrected chi connectivity index (χ2v) is 7.69. The molecule has 1 fully saturated rings. The Labute approximate surface area is 187 Å². The lowest BCUT2D eigenvalue weighted by Gasteiger charge is -2.34. The lowest BCUT2D eigenvalue weighted by atomic mass is 9.90. The number of aryl methyl sites for hydroxylation is 1. The van der Waals surface area contributed by atoms with E-state index in [2.05, 4.69) is 30.5 Å². The van der Waals surface area contributed by atoms with E-state index in [9.17, 15) is 9.18 Å². The molecule has 0 radical (unpaired) electrons. The standard InChI is InChI=1S/C23H30FN7O/c1-3-26-23(32)30-22-21(24)18(7-12-28-22)15-17-8-13-31(14-9-17)19-5-6-20(29-16(19)2)27-11-4-10-25/h4-7,10-12,17H,3,8-9,13-15,25H2,1-2H3,(H2,26,28,30,32)/b10-4-,27-11?. The van der Waals surface area contributed by atoms with Crippen LogP contribution in [-0.2, 0) is 6.42 Å². The molecule has 1 aliphatic rings. The smallest absolute Gasteiger partial charge is 0.320 e. The first kappa shape index (κ1) is 23.2. The van der Waals surface area contributed by atoms with Gasteiger partial charge in [-0.25, -0.2) is 24.1 Å². The molecule has 32 heavy (non-hydrogen) atoms. The van der Waals surface area contributed by atoms with Gasteiger partial charge in [-0.15, -0.1) is 0 Å². The first-order valence-corrected chi connectivity index (χ1v) is 10.8. The van der Waals surface area contributed by atoms with Gasteiger partial charge in [0.05, 0.1) is 11.4 Å². The first-order chi connectivity index (χ1) is 15.5. The number of carbonyl (C=O) groups is 1. The van der Waals surface area contributed by atoms with Crippen LogP contribution >= 0.6 is 0 Å². The molecule has 1 aliphatic heterocycles. The molecule has 8 nitrogen and oxygen atoms in total. The van der Waals surface area contributed by atoms with E-state index in [1.54, 1.807) is 25.3 Å². The van der Waals surface area contributed by atoms with Gasteiger partial charge in [-0.1, -0.05) is 0 Å². The molecule has 2 amide bonds. The van der Waals surface area contributed by atoms with Crippen LogP contribution < -0.4 is 21.3 Å². The lowest BCUT2D eigenvalue weighted by Crippen LogP contribution is -2.35. The van der Waals surface area contributed by atoms with Gasteiger partial charge in [0.1, 0.15) is 0 Å². The number of hydrogen-bond donors (Lipinski definition) is 3. The topological polar surface area (TPSA) is 109 Å². The summed E-state index contributed by atoms with van der Waals surface area (Å²) < 4.78 is 14.8. The summed E-state index contributed by atoms with van der Waals surface area (Å²) in [5.74, 6) is 0.518. The molecule has 2 aromatic rings. The Hall–Kier alpha value is -3.49. The minimum atomic E-state index is -0.458. The fourth-order valence-corrected chi connectivity index (χ4v) is 3.85. The van der Waals surface area contributed by atoms with Crippen LogP contribution in [0.2, 0.25) is 0 Å². The fourth-order valence-electron chi connectivity index (χ4n) is 3.85. The summed E-state index contributed by atoms with van der Waals surface area (Å²) in [7, 11) is 0. The molecule has 0 aliphatic carbocycles. The normalized spacial score (nSPS) is 14.9. The van der Waals surface area contributed by atoms with Crippen LogP contribution in [0, 0.1) is 18.7 Å². The van der Waals surface area contributed by atoms with Crippen LogP contribution in [0.25, 0.3) is 0 Å². The third-order valence-corrected chi connectivity index (χ3v) is 5.45. The van der Waals surface area contributed by atoms with Crippen molar-refractivity contribution < 1.29 is 9.18 Å². The predicted molar refractivity (Wildman–Crippen MR) is 126 cm³/mol. The van der Waals surface area contributed by atoms with E-state index in [1.807, 2.05) is 19.1 Å². The van der Waals surface area contributed by atoms with Gasteiger partial charge in [-0.2, -0.15) is 0 Å². The van der Waals surface area contributed by atoms with Crippen molar-refractivity contribution >= 4 is 29.6 Å². The van der Waals surface area contributed by atoms with Crippen LogP contribution in [0.4, 0.5) is 26.5 Å². The van der Waals surface area contributed by atoms with Crippen LogP contribution in [0.3, 0.4) is 0 Å². The van der Waals surface area contributed by atoms with Crippen LogP contribution in [-0.4, -0.2) is 41.8 Å². The SMILES string of the molecule is CCNC(=O)Nc1nccc(CC2CCN(c3ccc(N=C/C=C\N)nc3C)CC2)c1F. The van der Waals surface area contributed by atoms with Gasteiger partial charge in [-0.3, -0.25) is 5.32 Å². The Morgan fingerprint density at radius 3 is 2.81 bits per heavy atom. The molecule has 2 aromatic heterocycles. The molecule has 0 atom stereocenters. The molecule has 0 unspecified atom stereocenters. The quantitative estimate of drug-likeness (QED) is 0.570. The van der Waals surface area contributed by atoms with Gasteiger partial charge < -0.3 is 16.0 Å². The summed E-state index contributed by atoms with van der Waals surface area (Å²) in [5, 5.41) is 5.05. The van der Waals surface area contributed by atoms with Crippen molar-refractivity contribution in [3.8, 4) is 0 Å². The molecule has 0 saturated carbocycles. The van der Waals surface area contributed by atoms with E-state index in [-0.39, 0.29) is 5.82 Å². The highest BCUT2D eigenvalue weighted by Crippen LogP contribution is 2.29. The number of rotatable bonds is 7. The van der Waals surface area contributed by atoms with Crippen molar-refractivity contribution in [1.29, 1.82) is 0 Å². The average Bonchev–Trinajstić information content (AvgIpc) is 2.78. The molecule has 1 saturated heterocycles. The highest BCUT2D eigenvalue weighted by Gasteiger charge is 2.23. The Kier molecular flexibility index (Phi) is 8.13. The molecule has 0 bridgehead atoms. The molecule has 0 aromatic carbocycles. The Balaban J connectivity index is 1.59. The summed E-state index contributed by atoms with van der Waals surface area (Å²) in [6, 6.07) is 5.17. The number of carbonyl (C=O) groups excluding carboxylic acids is 1. The van der Waals surface area contributed by atoms with E-state index in [0.29, 0.717) is 30.3 Å². The summed E-state index contributed by atoms with van der Waals surface area (Å²) >= 11 is 0. The summed E-state index contributed by atoms with van der Waals surface area (Å²) in [4.78, 5) is 26.8. The van der Waals surface area contributed by atoms with Gasteiger partial charge >= 0.3 is 6.03 Å².